The van der Waals surface area contributed by atoms with E-state index in [1.54, 1.807) is 18.6 Å². The molecule has 1 aromatic carbocycles. The lowest BCUT2D eigenvalue weighted by Gasteiger charge is -2.16. The van der Waals surface area contributed by atoms with E-state index in [1.807, 2.05) is 0 Å². The highest BCUT2D eigenvalue weighted by atomic mass is 35.5. The van der Waals surface area contributed by atoms with E-state index < -0.39 is 15.7 Å². The molecule has 0 unspecified atom stereocenters. The largest absolute Gasteiger partial charge is 0.287 e. The van der Waals surface area contributed by atoms with E-state index in [0.29, 0.717) is 10.2 Å². The van der Waals surface area contributed by atoms with Crippen LogP contribution in [0.1, 0.15) is 17.3 Å². The second kappa shape index (κ2) is 6.13. The normalized spacial score (nSPS) is 11.4. The molecule has 0 fully saturated rings. The van der Waals surface area contributed by atoms with Crippen LogP contribution in [-0.4, -0.2) is 32.1 Å². The molecule has 8 heteroatoms. The number of rotatable bonds is 4. The lowest BCUT2D eigenvalue weighted by atomic mass is 10.2. The fourth-order valence-electron chi connectivity index (χ4n) is 1.75. The van der Waals surface area contributed by atoms with Gasteiger partial charge < -0.3 is 0 Å². The number of carbonyl (C=O) groups is 1. The van der Waals surface area contributed by atoms with E-state index in [1.165, 1.54) is 41.4 Å². The van der Waals surface area contributed by atoms with Crippen LogP contribution in [0.25, 0.3) is 0 Å². The molecule has 21 heavy (non-hydrogen) atoms. The van der Waals surface area contributed by atoms with E-state index >= 15 is 0 Å². The number of anilines is 1. The summed E-state index contributed by atoms with van der Waals surface area (Å²) in [6, 6.07) is 4.20. The van der Waals surface area contributed by atoms with E-state index in [0.717, 1.165) is 0 Å². The monoisotopic (exact) mass is 344 g/mol. The van der Waals surface area contributed by atoms with Crippen molar-refractivity contribution in [1.29, 1.82) is 0 Å². The first-order chi connectivity index (χ1) is 9.86. The van der Waals surface area contributed by atoms with Gasteiger partial charge in [-0.05, 0) is 18.2 Å². The minimum Gasteiger partial charge on any atom is -0.287 e. The van der Waals surface area contributed by atoms with Gasteiger partial charge in [0.1, 0.15) is 0 Å². The molecule has 2 rings (SSSR count). The fraction of sp³-hybridized carbons (Fsp3) is 0.231. The number of halogens is 1. The number of benzene rings is 1. The highest BCUT2D eigenvalue weighted by molar-refractivity contribution is 7.91. The molecule has 0 N–H and O–H groups in total. The smallest absolute Gasteiger partial charge is 0.261 e. The van der Waals surface area contributed by atoms with Gasteiger partial charge in [0.2, 0.25) is 0 Å². The molecule has 1 heterocycles. The van der Waals surface area contributed by atoms with Crippen LogP contribution in [0.5, 0.6) is 0 Å². The quantitative estimate of drug-likeness (QED) is 0.855. The van der Waals surface area contributed by atoms with Crippen LogP contribution >= 0.6 is 22.9 Å². The predicted molar refractivity (Wildman–Crippen MR) is 84.0 cm³/mol. The summed E-state index contributed by atoms with van der Waals surface area (Å²) in [6.45, 7) is 1.53. The second-order valence-electron chi connectivity index (χ2n) is 4.22. The van der Waals surface area contributed by atoms with Gasteiger partial charge in [-0.3, -0.25) is 9.69 Å². The van der Waals surface area contributed by atoms with Crippen LogP contribution in [0.2, 0.25) is 5.02 Å². The topological polar surface area (TPSA) is 67.3 Å². The minimum atomic E-state index is -3.52. The van der Waals surface area contributed by atoms with E-state index in [4.69, 9.17) is 11.6 Å². The van der Waals surface area contributed by atoms with Crippen molar-refractivity contribution in [2.75, 3.05) is 17.7 Å². The van der Waals surface area contributed by atoms with Crippen molar-refractivity contribution in [3.05, 3.63) is 40.4 Å². The zero-order chi connectivity index (χ0) is 15.6. The third kappa shape index (κ3) is 3.25. The highest BCUT2D eigenvalue weighted by Crippen LogP contribution is 2.25. The first-order valence-corrected chi connectivity index (χ1v) is 8.97. The Morgan fingerprint density at radius 1 is 1.43 bits per heavy atom. The molecular formula is C13H13ClN2O3S2. The molecule has 0 radical (unpaired) electrons. The van der Waals surface area contributed by atoms with E-state index in [9.17, 15) is 13.2 Å². The van der Waals surface area contributed by atoms with Gasteiger partial charge in [0.25, 0.3) is 5.91 Å². The maximum absolute atomic E-state index is 12.5. The van der Waals surface area contributed by atoms with Crippen molar-refractivity contribution in [3.8, 4) is 0 Å². The lowest BCUT2D eigenvalue weighted by Crippen LogP contribution is -2.28. The second-order valence-corrected chi connectivity index (χ2v) is 7.78. The molecular weight excluding hydrogens is 332 g/mol. The van der Waals surface area contributed by atoms with Crippen molar-refractivity contribution in [1.82, 2.24) is 4.98 Å². The van der Waals surface area contributed by atoms with Gasteiger partial charge in [0.15, 0.2) is 15.0 Å². The van der Waals surface area contributed by atoms with Gasteiger partial charge in [-0.1, -0.05) is 18.5 Å². The number of nitrogens with zero attached hydrogens (tertiary/aromatic N) is 2. The van der Waals surface area contributed by atoms with Crippen LogP contribution in [0.3, 0.4) is 0 Å². The average Bonchev–Trinajstić information content (AvgIpc) is 2.99. The summed E-state index contributed by atoms with van der Waals surface area (Å²) in [5.74, 6) is -0.546. The number of aromatic nitrogens is 1. The molecule has 0 spiro atoms. The van der Waals surface area contributed by atoms with Gasteiger partial charge in [0, 0.05) is 23.6 Å². The summed E-state index contributed by atoms with van der Waals surface area (Å²) in [5.41, 5.74) is 0.0575. The van der Waals surface area contributed by atoms with Crippen LogP contribution in [-0.2, 0) is 9.84 Å². The Morgan fingerprint density at radius 2 is 2.14 bits per heavy atom. The predicted octanol–water partition coefficient (Wildman–Crippen LogP) is 2.87. The molecule has 5 nitrogen and oxygen atoms in total. The van der Waals surface area contributed by atoms with Gasteiger partial charge >= 0.3 is 0 Å². The number of carbonyl (C=O) groups excluding carboxylic acids is 1. The average molecular weight is 345 g/mol. The van der Waals surface area contributed by atoms with Crippen LogP contribution in [0, 0.1) is 0 Å². The summed E-state index contributed by atoms with van der Waals surface area (Å²) < 4.78 is 24.2. The van der Waals surface area contributed by atoms with Crippen LogP contribution in [0.15, 0.2) is 34.7 Å². The van der Waals surface area contributed by atoms with Gasteiger partial charge in [-0.2, -0.15) is 0 Å². The SMILES string of the molecule is CCS(=O)(=O)c1ccc(Cl)cc1C(=O)N(C)c1nccs1. The summed E-state index contributed by atoms with van der Waals surface area (Å²) in [6.07, 6.45) is 1.57. The zero-order valence-corrected chi connectivity index (χ0v) is 13.8. The Bertz CT molecular complexity index is 758. The molecule has 0 aliphatic rings. The molecule has 0 aliphatic carbocycles. The maximum Gasteiger partial charge on any atom is 0.261 e. The molecule has 2 aromatic rings. The third-order valence-electron chi connectivity index (χ3n) is 2.90. The molecule has 1 amide bonds. The summed E-state index contributed by atoms with van der Waals surface area (Å²) in [5, 5.41) is 2.53. The first-order valence-electron chi connectivity index (χ1n) is 6.06. The van der Waals surface area contributed by atoms with Crippen molar-refractivity contribution in [2.24, 2.45) is 0 Å². The molecule has 112 valence electrons. The van der Waals surface area contributed by atoms with Gasteiger partial charge in [-0.15, -0.1) is 11.3 Å². The first kappa shape index (κ1) is 15.9. The van der Waals surface area contributed by atoms with Crippen molar-refractivity contribution < 1.29 is 13.2 Å². The number of hydrogen-bond acceptors (Lipinski definition) is 5. The highest BCUT2D eigenvalue weighted by Gasteiger charge is 2.25. The standard InChI is InChI=1S/C13H13ClN2O3S2/c1-3-21(18,19)11-5-4-9(14)8-10(11)12(17)16(2)13-15-6-7-20-13/h4-8H,3H2,1-2H3. The van der Waals surface area contributed by atoms with Crippen LogP contribution < -0.4 is 4.90 Å². The molecule has 0 saturated carbocycles. The summed E-state index contributed by atoms with van der Waals surface area (Å²) >= 11 is 7.19. The van der Waals surface area contributed by atoms with E-state index in [2.05, 4.69) is 4.98 Å². The Labute approximate surface area is 132 Å². The lowest BCUT2D eigenvalue weighted by molar-refractivity contribution is 0.0990. The van der Waals surface area contributed by atoms with Gasteiger partial charge in [-0.25, -0.2) is 13.4 Å². The van der Waals surface area contributed by atoms with E-state index in [-0.39, 0.29) is 16.2 Å². The van der Waals surface area contributed by atoms with Crippen LogP contribution in [0.4, 0.5) is 5.13 Å². The Morgan fingerprint density at radius 3 is 2.71 bits per heavy atom. The minimum absolute atomic E-state index is 0.0113. The van der Waals surface area contributed by atoms with Crippen molar-refractivity contribution in [3.63, 3.8) is 0 Å². The number of amides is 1. The number of sulfone groups is 1. The molecule has 0 aliphatic heterocycles. The molecule has 0 bridgehead atoms. The Hall–Kier alpha value is -1.44. The fourth-order valence-corrected chi connectivity index (χ4v) is 3.59. The summed E-state index contributed by atoms with van der Waals surface area (Å²) in [4.78, 5) is 17.9. The van der Waals surface area contributed by atoms with Crippen molar-refractivity contribution in [2.45, 2.75) is 11.8 Å². The molecule has 1 aromatic heterocycles. The molecule has 0 saturated heterocycles. The Kier molecular flexibility index (Phi) is 4.65. The maximum atomic E-state index is 12.5. The van der Waals surface area contributed by atoms with Gasteiger partial charge in [0.05, 0.1) is 16.2 Å². The number of hydrogen-bond donors (Lipinski definition) is 0. The van der Waals surface area contributed by atoms with Crippen molar-refractivity contribution >= 4 is 43.8 Å². The molecule has 0 atom stereocenters. The number of thiazole rings is 1. The zero-order valence-electron chi connectivity index (χ0n) is 11.4. The third-order valence-corrected chi connectivity index (χ3v) is 5.77. The summed E-state index contributed by atoms with van der Waals surface area (Å²) in [7, 11) is -1.97. The Balaban J connectivity index is 2.53.